The molecular formula is C16H30BrN. The Kier molecular flexibility index (Phi) is 6.00. The summed E-state index contributed by atoms with van der Waals surface area (Å²) in [6, 6.07) is 0. The molecule has 2 heteroatoms. The molecule has 1 nitrogen and oxygen atoms in total. The molecule has 0 aromatic carbocycles. The molecule has 0 aromatic heterocycles. The van der Waals surface area contributed by atoms with Gasteiger partial charge in [0.25, 0.3) is 0 Å². The summed E-state index contributed by atoms with van der Waals surface area (Å²) in [5.74, 6) is 1.00. The van der Waals surface area contributed by atoms with Crippen molar-refractivity contribution in [3.8, 4) is 0 Å². The summed E-state index contributed by atoms with van der Waals surface area (Å²) in [4.78, 5) is 2.78. The second kappa shape index (κ2) is 7.28. The Morgan fingerprint density at radius 1 is 1.06 bits per heavy atom. The van der Waals surface area contributed by atoms with Crippen LogP contribution in [0.25, 0.3) is 0 Å². The Morgan fingerprint density at radius 3 is 2.50 bits per heavy atom. The Labute approximate surface area is 122 Å². The van der Waals surface area contributed by atoms with Crippen molar-refractivity contribution in [2.45, 2.75) is 64.7 Å². The van der Waals surface area contributed by atoms with Crippen LogP contribution in [0.4, 0.5) is 0 Å². The molecule has 0 radical (unpaired) electrons. The van der Waals surface area contributed by atoms with Gasteiger partial charge in [-0.3, -0.25) is 0 Å². The van der Waals surface area contributed by atoms with Gasteiger partial charge in [0.2, 0.25) is 0 Å². The number of hydrogen-bond donors (Lipinski definition) is 0. The van der Waals surface area contributed by atoms with E-state index in [2.05, 4.69) is 27.8 Å². The number of hydrogen-bond acceptors (Lipinski definition) is 1. The van der Waals surface area contributed by atoms with Crippen LogP contribution < -0.4 is 0 Å². The predicted molar refractivity (Wildman–Crippen MR) is 83.4 cm³/mol. The normalized spacial score (nSPS) is 30.0. The van der Waals surface area contributed by atoms with Crippen LogP contribution in [0, 0.1) is 11.3 Å². The molecule has 106 valence electrons. The van der Waals surface area contributed by atoms with Crippen LogP contribution >= 0.6 is 15.9 Å². The minimum atomic E-state index is 0.601. The molecule has 0 spiro atoms. The largest absolute Gasteiger partial charge is 0.303 e. The predicted octanol–water partition coefficient (Wildman–Crippen LogP) is 4.84. The lowest BCUT2D eigenvalue weighted by atomic mass is 9.75. The van der Waals surface area contributed by atoms with E-state index in [9.17, 15) is 0 Å². The molecule has 2 rings (SSSR count). The molecule has 1 saturated heterocycles. The molecule has 2 fully saturated rings. The van der Waals surface area contributed by atoms with Crippen LogP contribution in [0.5, 0.6) is 0 Å². The SMILES string of the molecule is CCC1CCCN(CC2(CBr)CCCCC2)CC1. The zero-order valence-electron chi connectivity index (χ0n) is 12.1. The van der Waals surface area contributed by atoms with Crippen LogP contribution in [0.15, 0.2) is 0 Å². The molecular weight excluding hydrogens is 286 g/mol. The molecule has 1 atom stereocenters. The molecule has 0 amide bonds. The van der Waals surface area contributed by atoms with Gasteiger partial charge in [-0.05, 0) is 56.5 Å². The lowest BCUT2D eigenvalue weighted by Crippen LogP contribution is -2.41. The van der Waals surface area contributed by atoms with E-state index >= 15 is 0 Å². The first-order valence-electron chi connectivity index (χ1n) is 8.06. The lowest BCUT2D eigenvalue weighted by molar-refractivity contribution is 0.128. The molecule has 1 heterocycles. The minimum Gasteiger partial charge on any atom is -0.303 e. The van der Waals surface area contributed by atoms with E-state index in [4.69, 9.17) is 0 Å². The summed E-state index contributed by atoms with van der Waals surface area (Å²) in [5.41, 5.74) is 0.601. The van der Waals surface area contributed by atoms with Crippen molar-refractivity contribution in [2.24, 2.45) is 11.3 Å². The molecule has 18 heavy (non-hydrogen) atoms. The van der Waals surface area contributed by atoms with Crippen molar-refractivity contribution in [3.63, 3.8) is 0 Å². The molecule has 1 aliphatic carbocycles. The van der Waals surface area contributed by atoms with E-state index in [-0.39, 0.29) is 0 Å². The topological polar surface area (TPSA) is 3.24 Å². The van der Waals surface area contributed by atoms with E-state index in [1.54, 1.807) is 0 Å². The third-order valence-corrected chi connectivity index (χ3v) is 6.46. The maximum absolute atomic E-state index is 3.81. The fraction of sp³-hybridized carbons (Fsp3) is 1.00. The zero-order valence-corrected chi connectivity index (χ0v) is 13.7. The Hall–Kier alpha value is 0.440. The highest BCUT2D eigenvalue weighted by molar-refractivity contribution is 9.09. The zero-order chi connectivity index (χ0) is 12.8. The number of nitrogens with zero attached hydrogens (tertiary/aromatic N) is 1. The first-order chi connectivity index (χ1) is 8.78. The van der Waals surface area contributed by atoms with Gasteiger partial charge < -0.3 is 4.90 Å². The van der Waals surface area contributed by atoms with Crippen molar-refractivity contribution in [1.29, 1.82) is 0 Å². The van der Waals surface area contributed by atoms with Crippen molar-refractivity contribution in [1.82, 2.24) is 4.90 Å². The van der Waals surface area contributed by atoms with Crippen LogP contribution in [-0.2, 0) is 0 Å². The molecule has 1 unspecified atom stereocenters. The minimum absolute atomic E-state index is 0.601. The summed E-state index contributed by atoms with van der Waals surface area (Å²) in [5, 5.41) is 1.22. The third-order valence-electron chi connectivity index (χ3n) is 5.27. The van der Waals surface area contributed by atoms with E-state index < -0.39 is 0 Å². The first-order valence-corrected chi connectivity index (χ1v) is 9.18. The van der Waals surface area contributed by atoms with Crippen molar-refractivity contribution in [2.75, 3.05) is 25.0 Å². The fourth-order valence-electron chi connectivity index (χ4n) is 3.90. The smallest absolute Gasteiger partial charge is 0.0100 e. The van der Waals surface area contributed by atoms with E-state index in [1.807, 2.05) is 0 Å². The number of likely N-dealkylation sites (tertiary alicyclic amines) is 1. The van der Waals surface area contributed by atoms with Crippen LogP contribution in [-0.4, -0.2) is 29.9 Å². The monoisotopic (exact) mass is 315 g/mol. The van der Waals surface area contributed by atoms with Gasteiger partial charge in [-0.25, -0.2) is 0 Å². The standard InChI is InChI=1S/C16H30BrN/c1-2-15-7-6-11-18(12-8-15)14-16(13-17)9-4-3-5-10-16/h15H,2-14H2,1H3. The Morgan fingerprint density at radius 2 is 1.83 bits per heavy atom. The average Bonchev–Trinajstić information content (AvgIpc) is 2.65. The molecule has 1 saturated carbocycles. The summed E-state index contributed by atoms with van der Waals surface area (Å²) >= 11 is 3.81. The highest BCUT2D eigenvalue weighted by atomic mass is 79.9. The Balaban J connectivity index is 1.87. The van der Waals surface area contributed by atoms with Crippen molar-refractivity contribution < 1.29 is 0 Å². The maximum atomic E-state index is 3.81. The third kappa shape index (κ3) is 3.96. The molecule has 0 bridgehead atoms. The first kappa shape index (κ1) is 14.8. The quantitative estimate of drug-likeness (QED) is 0.671. The van der Waals surface area contributed by atoms with Gasteiger partial charge in [-0.2, -0.15) is 0 Å². The average molecular weight is 316 g/mol. The summed E-state index contributed by atoms with van der Waals surface area (Å²) in [6.07, 6.45) is 13.0. The second-order valence-corrected chi connectivity index (χ2v) is 7.24. The number of rotatable bonds is 4. The van der Waals surface area contributed by atoms with Gasteiger partial charge in [0, 0.05) is 11.9 Å². The highest BCUT2D eigenvalue weighted by Gasteiger charge is 2.33. The van der Waals surface area contributed by atoms with Gasteiger partial charge >= 0.3 is 0 Å². The fourth-order valence-corrected chi connectivity index (χ4v) is 4.64. The van der Waals surface area contributed by atoms with Crippen molar-refractivity contribution in [3.05, 3.63) is 0 Å². The van der Waals surface area contributed by atoms with Crippen LogP contribution in [0.3, 0.4) is 0 Å². The molecule has 0 aromatic rings. The van der Waals surface area contributed by atoms with E-state index in [0.29, 0.717) is 5.41 Å². The van der Waals surface area contributed by atoms with Gasteiger partial charge in [0.15, 0.2) is 0 Å². The number of alkyl halides is 1. The van der Waals surface area contributed by atoms with Gasteiger partial charge in [0.1, 0.15) is 0 Å². The van der Waals surface area contributed by atoms with Gasteiger partial charge in [-0.15, -0.1) is 0 Å². The van der Waals surface area contributed by atoms with Crippen molar-refractivity contribution >= 4 is 15.9 Å². The van der Waals surface area contributed by atoms with Gasteiger partial charge in [-0.1, -0.05) is 48.5 Å². The highest BCUT2D eigenvalue weighted by Crippen LogP contribution is 2.39. The summed E-state index contributed by atoms with van der Waals surface area (Å²) in [6.45, 7) is 6.43. The van der Waals surface area contributed by atoms with Crippen LogP contribution in [0.2, 0.25) is 0 Å². The maximum Gasteiger partial charge on any atom is 0.0100 e. The summed E-state index contributed by atoms with van der Waals surface area (Å²) in [7, 11) is 0. The Bertz CT molecular complexity index is 235. The molecule has 1 aliphatic heterocycles. The van der Waals surface area contributed by atoms with Crippen LogP contribution in [0.1, 0.15) is 64.7 Å². The lowest BCUT2D eigenvalue weighted by Gasteiger charge is -2.40. The molecule has 0 N–H and O–H groups in total. The van der Waals surface area contributed by atoms with Gasteiger partial charge in [0.05, 0.1) is 0 Å². The molecule has 2 aliphatic rings. The summed E-state index contributed by atoms with van der Waals surface area (Å²) < 4.78 is 0. The second-order valence-electron chi connectivity index (χ2n) is 6.68. The van der Waals surface area contributed by atoms with E-state index in [1.165, 1.54) is 82.8 Å². The van der Waals surface area contributed by atoms with E-state index in [0.717, 1.165) is 5.92 Å². The number of halogens is 1.